The van der Waals surface area contributed by atoms with Crippen molar-refractivity contribution < 1.29 is 9.59 Å². The van der Waals surface area contributed by atoms with Gasteiger partial charge in [-0.3, -0.25) is 19.5 Å². The number of hydrogen-bond donors (Lipinski definition) is 0. The van der Waals surface area contributed by atoms with Crippen molar-refractivity contribution in [3.05, 3.63) is 68.8 Å². The average Bonchev–Trinajstić information content (AvgIpc) is 2.79. The third kappa shape index (κ3) is 3.58. The molecule has 3 rings (SSSR count). The lowest BCUT2D eigenvalue weighted by Gasteiger charge is -2.12. The zero-order valence-electron chi connectivity index (χ0n) is 11.7. The fourth-order valence-electron chi connectivity index (χ4n) is 2.07. The molecule has 0 bridgehead atoms. The number of imide groups is 1. The fraction of sp³-hybridized carbons (Fsp3) is 0.0625. The smallest absolute Gasteiger partial charge is 0.268 e. The molecule has 4 nitrogen and oxygen atoms in total. The van der Waals surface area contributed by atoms with E-state index in [1.807, 2.05) is 0 Å². The Morgan fingerprint density at radius 1 is 1.09 bits per heavy atom. The van der Waals surface area contributed by atoms with Crippen LogP contribution in [0.5, 0.6) is 0 Å². The standard InChI is InChI=1S/C16H10Cl2N2O2S/c17-12-2-1-11(7-13(12)18)9-20-15(21)14(23-16(20)22)8-10-3-5-19-6-4-10/h1-8H,9H2/b14-8+. The van der Waals surface area contributed by atoms with Gasteiger partial charge >= 0.3 is 0 Å². The third-order valence-corrected chi connectivity index (χ3v) is 4.85. The van der Waals surface area contributed by atoms with Gasteiger partial charge in [-0.15, -0.1) is 0 Å². The van der Waals surface area contributed by atoms with E-state index in [1.54, 1.807) is 48.8 Å². The summed E-state index contributed by atoms with van der Waals surface area (Å²) in [6, 6.07) is 8.58. The maximum absolute atomic E-state index is 12.4. The van der Waals surface area contributed by atoms with Crippen molar-refractivity contribution in [1.82, 2.24) is 9.88 Å². The van der Waals surface area contributed by atoms with E-state index in [1.165, 1.54) is 4.90 Å². The second-order valence-corrected chi connectivity index (χ2v) is 6.60. The Labute approximate surface area is 147 Å². The van der Waals surface area contributed by atoms with E-state index >= 15 is 0 Å². The Balaban J connectivity index is 1.81. The SMILES string of the molecule is O=C1S/C(=C/c2ccncc2)C(=O)N1Cc1ccc(Cl)c(Cl)c1. The number of halogens is 2. The molecule has 2 aromatic rings. The number of carbonyl (C=O) groups is 2. The van der Waals surface area contributed by atoms with Crippen molar-refractivity contribution in [2.45, 2.75) is 6.54 Å². The van der Waals surface area contributed by atoms with Crippen LogP contribution < -0.4 is 0 Å². The predicted molar refractivity (Wildman–Crippen MR) is 92.2 cm³/mol. The molecule has 2 heterocycles. The van der Waals surface area contributed by atoms with E-state index in [4.69, 9.17) is 23.2 Å². The fourth-order valence-corrected chi connectivity index (χ4v) is 3.23. The van der Waals surface area contributed by atoms with Crippen LogP contribution in [0.25, 0.3) is 6.08 Å². The van der Waals surface area contributed by atoms with E-state index < -0.39 is 0 Å². The molecule has 0 unspecified atom stereocenters. The molecule has 1 saturated heterocycles. The maximum atomic E-state index is 12.4. The van der Waals surface area contributed by atoms with Crippen LogP contribution in [0.1, 0.15) is 11.1 Å². The Kier molecular flexibility index (Phi) is 4.71. The molecule has 0 N–H and O–H groups in total. The van der Waals surface area contributed by atoms with Crippen molar-refractivity contribution in [1.29, 1.82) is 0 Å². The van der Waals surface area contributed by atoms with Gasteiger partial charge < -0.3 is 0 Å². The van der Waals surface area contributed by atoms with Crippen LogP contribution in [0.4, 0.5) is 4.79 Å². The monoisotopic (exact) mass is 364 g/mol. The molecule has 0 saturated carbocycles. The minimum Gasteiger partial charge on any atom is -0.268 e. The predicted octanol–water partition coefficient (Wildman–Crippen LogP) is 4.62. The van der Waals surface area contributed by atoms with E-state index in [-0.39, 0.29) is 17.7 Å². The second-order valence-electron chi connectivity index (χ2n) is 4.80. The zero-order valence-corrected chi connectivity index (χ0v) is 14.0. The highest BCUT2D eigenvalue weighted by atomic mass is 35.5. The average molecular weight is 365 g/mol. The van der Waals surface area contributed by atoms with Crippen molar-refractivity contribution in [2.24, 2.45) is 0 Å². The number of hydrogen-bond acceptors (Lipinski definition) is 4. The number of amides is 2. The Morgan fingerprint density at radius 2 is 1.83 bits per heavy atom. The van der Waals surface area contributed by atoms with Crippen LogP contribution in [0.15, 0.2) is 47.6 Å². The molecular formula is C16H10Cl2N2O2S. The van der Waals surface area contributed by atoms with E-state index in [2.05, 4.69) is 4.98 Å². The van der Waals surface area contributed by atoms with Gasteiger partial charge in [0.2, 0.25) is 0 Å². The maximum Gasteiger partial charge on any atom is 0.293 e. The quantitative estimate of drug-likeness (QED) is 0.745. The minimum absolute atomic E-state index is 0.162. The summed E-state index contributed by atoms with van der Waals surface area (Å²) < 4.78 is 0. The first-order chi connectivity index (χ1) is 11.0. The molecule has 7 heteroatoms. The summed E-state index contributed by atoms with van der Waals surface area (Å²) in [7, 11) is 0. The number of carbonyl (C=O) groups excluding carboxylic acids is 2. The van der Waals surface area contributed by atoms with Crippen LogP contribution in [0, 0.1) is 0 Å². The highest BCUT2D eigenvalue weighted by molar-refractivity contribution is 8.18. The first kappa shape index (κ1) is 16.1. The van der Waals surface area contributed by atoms with E-state index in [0.717, 1.165) is 22.9 Å². The van der Waals surface area contributed by atoms with Crippen LogP contribution >= 0.6 is 35.0 Å². The summed E-state index contributed by atoms with van der Waals surface area (Å²) in [5.74, 6) is -0.317. The Morgan fingerprint density at radius 3 is 2.52 bits per heavy atom. The Bertz CT molecular complexity index is 809. The van der Waals surface area contributed by atoms with E-state index in [0.29, 0.717) is 15.0 Å². The number of nitrogens with zero attached hydrogens (tertiary/aromatic N) is 2. The molecule has 116 valence electrons. The van der Waals surface area contributed by atoms with Gasteiger partial charge in [-0.1, -0.05) is 29.3 Å². The molecule has 0 radical (unpaired) electrons. The summed E-state index contributed by atoms with van der Waals surface area (Å²) in [6.45, 7) is 0.162. The number of aromatic nitrogens is 1. The highest BCUT2D eigenvalue weighted by Crippen LogP contribution is 2.33. The first-order valence-corrected chi connectivity index (χ1v) is 8.21. The number of thioether (sulfide) groups is 1. The van der Waals surface area contributed by atoms with Crippen molar-refractivity contribution >= 4 is 52.2 Å². The largest absolute Gasteiger partial charge is 0.293 e. The van der Waals surface area contributed by atoms with Crippen LogP contribution in [-0.4, -0.2) is 21.0 Å². The summed E-state index contributed by atoms with van der Waals surface area (Å²) in [4.78, 5) is 30.0. The minimum atomic E-state index is -0.317. The topological polar surface area (TPSA) is 50.3 Å². The molecule has 1 aromatic carbocycles. The van der Waals surface area contributed by atoms with Gasteiger partial charge in [0.25, 0.3) is 11.1 Å². The second kappa shape index (κ2) is 6.74. The lowest BCUT2D eigenvalue weighted by molar-refractivity contribution is -0.123. The molecule has 0 spiro atoms. The van der Waals surface area contributed by atoms with E-state index in [9.17, 15) is 9.59 Å². The first-order valence-electron chi connectivity index (χ1n) is 6.64. The molecule has 1 aliphatic rings. The summed E-state index contributed by atoms with van der Waals surface area (Å²) in [5.41, 5.74) is 1.56. The molecule has 2 amide bonds. The van der Waals surface area contributed by atoms with Crippen LogP contribution in [-0.2, 0) is 11.3 Å². The molecular weight excluding hydrogens is 355 g/mol. The van der Waals surface area contributed by atoms with Gasteiger partial charge in [0, 0.05) is 12.4 Å². The van der Waals surface area contributed by atoms with Crippen LogP contribution in [0.2, 0.25) is 10.0 Å². The Hall–Kier alpha value is -1.82. The van der Waals surface area contributed by atoms with Gasteiger partial charge in [-0.25, -0.2) is 0 Å². The molecule has 23 heavy (non-hydrogen) atoms. The van der Waals surface area contributed by atoms with Crippen molar-refractivity contribution in [3.63, 3.8) is 0 Å². The zero-order chi connectivity index (χ0) is 16.4. The van der Waals surface area contributed by atoms with Gasteiger partial charge in [-0.05, 0) is 53.2 Å². The summed E-state index contributed by atoms with van der Waals surface area (Å²) >= 11 is 12.8. The summed E-state index contributed by atoms with van der Waals surface area (Å²) in [5, 5.41) is 0.520. The lowest BCUT2D eigenvalue weighted by atomic mass is 10.2. The van der Waals surface area contributed by atoms with Gasteiger partial charge in [-0.2, -0.15) is 0 Å². The molecule has 0 atom stereocenters. The normalized spacial score (nSPS) is 16.4. The highest BCUT2D eigenvalue weighted by Gasteiger charge is 2.35. The van der Waals surface area contributed by atoms with Crippen molar-refractivity contribution in [3.8, 4) is 0 Å². The van der Waals surface area contributed by atoms with Gasteiger partial charge in [0.1, 0.15) is 0 Å². The van der Waals surface area contributed by atoms with Crippen LogP contribution in [0.3, 0.4) is 0 Å². The molecule has 1 aromatic heterocycles. The lowest BCUT2D eigenvalue weighted by Crippen LogP contribution is -2.27. The number of pyridine rings is 1. The number of rotatable bonds is 3. The molecule has 1 aliphatic heterocycles. The number of benzene rings is 1. The van der Waals surface area contributed by atoms with Gasteiger partial charge in [0.15, 0.2) is 0 Å². The van der Waals surface area contributed by atoms with Gasteiger partial charge in [0.05, 0.1) is 21.5 Å². The third-order valence-electron chi connectivity index (χ3n) is 3.20. The van der Waals surface area contributed by atoms with Crippen molar-refractivity contribution in [2.75, 3.05) is 0 Å². The summed E-state index contributed by atoms with van der Waals surface area (Å²) in [6.07, 6.45) is 4.94. The molecule has 0 aliphatic carbocycles. The molecule has 1 fully saturated rings.